The van der Waals surface area contributed by atoms with E-state index in [1.54, 1.807) is 24.5 Å². The molecule has 0 unspecified atom stereocenters. The lowest BCUT2D eigenvalue weighted by molar-refractivity contribution is -0.386. The van der Waals surface area contributed by atoms with Gasteiger partial charge in [0, 0.05) is 36.6 Å². The van der Waals surface area contributed by atoms with E-state index in [2.05, 4.69) is 16.8 Å². The van der Waals surface area contributed by atoms with Gasteiger partial charge >= 0.3 is 5.69 Å². The average molecular weight is 394 g/mol. The summed E-state index contributed by atoms with van der Waals surface area (Å²) in [6, 6.07) is 6.42. The fraction of sp³-hybridized carbons (Fsp3) is 0.105. The van der Waals surface area contributed by atoms with Gasteiger partial charge in [0.15, 0.2) is 11.3 Å². The molecule has 0 radical (unpaired) electrons. The van der Waals surface area contributed by atoms with Gasteiger partial charge in [0.2, 0.25) is 5.75 Å². The highest BCUT2D eigenvalue weighted by atomic mass is 16.6. The second kappa shape index (κ2) is 8.88. The van der Waals surface area contributed by atoms with E-state index in [1.165, 1.54) is 13.1 Å². The topological polar surface area (TPSA) is 161 Å². The number of aliphatic hydroxyl groups excluding tert-OH is 1. The van der Waals surface area contributed by atoms with Gasteiger partial charge in [0.1, 0.15) is 11.8 Å². The summed E-state index contributed by atoms with van der Waals surface area (Å²) in [5.74, 6) is 1.88. The molecule has 3 N–H and O–H groups in total. The van der Waals surface area contributed by atoms with Crippen LogP contribution in [0.15, 0.2) is 42.2 Å². The van der Waals surface area contributed by atoms with E-state index in [1.807, 2.05) is 0 Å². The van der Waals surface area contributed by atoms with Crippen LogP contribution in [0.4, 0.5) is 5.69 Å². The number of carbonyl (C=O) groups excluding carboxylic acids is 1. The lowest BCUT2D eigenvalue weighted by Crippen LogP contribution is -2.28. The monoisotopic (exact) mass is 394 g/mol. The number of rotatable bonds is 4. The molecule has 0 bridgehead atoms. The number of benzene rings is 1. The van der Waals surface area contributed by atoms with Gasteiger partial charge in [-0.2, -0.15) is 5.26 Å². The summed E-state index contributed by atoms with van der Waals surface area (Å²) in [5, 5.41) is 49.6. The lowest BCUT2D eigenvalue weighted by atomic mass is 10.1. The Kier molecular flexibility index (Phi) is 6.35. The predicted molar refractivity (Wildman–Crippen MR) is 100 cm³/mol. The minimum absolute atomic E-state index is 0.0689. The molecule has 0 atom stereocenters. The maximum atomic E-state index is 12.5. The van der Waals surface area contributed by atoms with E-state index in [9.17, 15) is 35.5 Å². The van der Waals surface area contributed by atoms with Crippen molar-refractivity contribution in [3.05, 3.63) is 63.5 Å². The van der Waals surface area contributed by atoms with Crippen molar-refractivity contribution >= 4 is 17.4 Å². The van der Waals surface area contributed by atoms with E-state index in [0.717, 1.165) is 17.0 Å². The summed E-state index contributed by atoms with van der Waals surface area (Å²) < 4.78 is 0. The number of carbonyl (C=O) groups is 1. The van der Waals surface area contributed by atoms with Gasteiger partial charge < -0.3 is 20.2 Å². The third-order valence-corrected chi connectivity index (χ3v) is 3.68. The summed E-state index contributed by atoms with van der Waals surface area (Å²) >= 11 is 0. The highest BCUT2D eigenvalue weighted by Gasteiger charge is 2.24. The number of aromatic nitrogens is 1. The van der Waals surface area contributed by atoms with Gasteiger partial charge in [0.05, 0.1) is 11.5 Å². The molecule has 2 rings (SSSR count). The van der Waals surface area contributed by atoms with Crippen molar-refractivity contribution < 1.29 is 25.0 Å². The Hall–Kier alpha value is -4.57. The zero-order valence-corrected chi connectivity index (χ0v) is 15.0. The van der Waals surface area contributed by atoms with Crippen LogP contribution in [0.2, 0.25) is 0 Å². The van der Waals surface area contributed by atoms with E-state index < -0.39 is 39.3 Å². The van der Waals surface area contributed by atoms with E-state index in [4.69, 9.17) is 0 Å². The molecule has 1 amide bonds. The van der Waals surface area contributed by atoms with Crippen LogP contribution < -0.4 is 0 Å². The molecule has 0 saturated carbocycles. The van der Waals surface area contributed by atoms with Crippen LogP contribution in [0.1, 0.15) is 11.1 Å². The molecule has 0 aliphatic carbocycles. The van der Waals surface area contributed by atoms with E-state index in [-0.39, 0.29) is 12.1 Å². The molecule has 0 aliphatic heterocycles. The van der Waals surface area contributed by atoms with Crippen molar-refractivity contribution in [1.29, 1.82) is 5.26 Å². The summed E-state index contributed by atoms with van der Waals surface area (Å²) in [6.45, 7) is -0.0689. The van der Waals surface area contributed by atoms with Gasteiger partial charge in [-0.15, -0.1) is 0 Å². The first-order valence-corrected chi connectivity index (χ1v) is 7.94. The number of nitro benzene ring substituents is 1. The highest BCUT2D eigenvalue weighted by Crippen LogP contribution is 2.38. The normalized spacial score (nSPS) is 10.8. The number of nitrogens with zero attached hydrogens (tertiary/aromatic N) is 4. The quantitative estimate of drug-likeness (QED) is 0.134. The number of aromatic hydroxyl groups is 2. The van der Waals surface area contributed by atoms with Crippen LogP contribution in [0, 0.1) is 33.3 Å². The Morgan fingerprint density at radius 2 is 1.97 bits per heavy atom. The number of amides is 1. The fourth-order valence-electron chi connectivity index (χ4n) is 2.18. The maximum absolute atomic E-state index is 12.5. The minimum Gasteiger partial charge on any atom is -0.506 e. The van der Waals surface area contributed by atoms with Crippen LogP contribution in [0.3, 0.4) is 0 Å². The molecule has 0 saturated heterocycles. The molecule has 10 heteroatoms. The van der Waals surface area contributed by atoms with Crippen molar-refractivity contribution in [2.45, 2.75) is 0 Å². The van der Waals surface area contributed by atoms with Gasteiger partial charge in [-0.05, 0) is 18.2 Å². The molecular formula is C19H14N4O6. The largest absolute Gasteiger partial charge is 0.506 e. The molecule has 0 spiro atoms. The molecule has 10 nitrogen and oxygen atoms in total. The molecule has 0 fully saturated rings. The molecule has 146 valence electrons. The lowest BCUT2D eigenvalue weighted by Gasteiger charge is -2.14. The summed E-state index contributed by atoms with van der Waals surface area (Å²) in [6.07, 6.45) is 3.11. The van der Waals surface area contributed by atoms with Crippen LogP contribution in [0.5, 0.6) is 11.5 Å². The number of pyridine rings is 1. The van der Waals surface area contributed by atoms with Crippen molar-refractivity contribution in [2.24, 2.45) is 0 Å². The van der Waals surface area contributed by atoms with Gasteiger partial charge in [-0.25, -0.2) is 0 Å². The van der Waals surface area contributed by atoms with E-state index >= 15 is 0 Å². The van der Waals surface area contributed by atoms with Crippen molar-refractivity contribution in [3.8, 4) is 29.4 Å². The Morgan fingerprint density at radius 3 is 2.55 bits per heavy atom. The SMILES string of the molecule is CN(CC#Cc1ccncc1)C(=O)/C(C#N)=C(\O)c1cc(O)c(O)c([N+](=O)[O-])c1. The molecular weight excluding hydrogens is 380 g/mol. The second-order valence-electron chi connectivity index (χ2n) is 5.65. The third kappa shape index (κ3) is 4.78. The molecule has 1 heterocycles. The summed E-state index contributed by atoms with van der Waals surface area (Å²) in [5.41, 5.74) is -1.31. The van der Waals surface area contributed by atoms with Gasteiger partial charge in [-0.1, -0.05) is 11.8 Å². The Labute approximate surface area is 164 Å². The molecule has 0 aliphatic rings. The summed E-state index contributed by atoms with van der Waals surface area (Å²) in [4.78, 5) is 27.3. The standard InChI is InChI=1S/C19H14N4O6/c1-22(8-2-3-12-4-6-21-7-5-12)19(27)14(11-20)17(25)13-9-15(23(28)29)18(26)16(24)10-13/h4-7,9-10,24-26H,8H2,1H3/b17-14-. The third-order valence-electron chi connectivity index (χ3n) is 3.68. The zero-order chi connectivity index (χ0) is 21.6. The van der Waals surface area contributed by atoms with Gasteiger partial charge in [-0.3, -0.25) is 19.9 Å². The van der Waals surface area contributed by atoms with Crippen LogP contribution in [-0.2, 0) is 4.79 Å². The van der Waals surface area contributed by atoms with Crippen molar-refractivity contribution in [2.75, 3.05) is 13.6 Å². The Morgan fingerprint density at radius 1 is 1.31 bits per heavy atom. The number of hydrogen-bond acceptors (Lipinski definition) is 8. The van der Waals surface area contributed by atoms with E-state index in [0.29, 0.717) is 5.56 Å². The number of hydrogen-bond donors (Lipinski definition) is 3. The Balaban J connectivity index is 2.32. The number of aliphatic hydroxyl groups is 1. The first-order chi connectivity index (χ1) is 13.8. The van der Waals surface area contributed by atoms with Crippen molar-refractivity contribution in [1.82, 2.24) is 9.88 Å². The number of nitriles is 1. The molecule has 1 aromatic heterocycles. The molecule has 29 heavy (non-hydrogen) atoms. The van der Waals surface area contributed by atoms with Crippen LogP contribution >= 0.6 is 0 Å². The fourth-order valence-corrected chi connectivity index (χ4v) is 2.18. The number of likely N-dealkylation sites (N-methyl/N-ethyl adjacent to an activating group) is 1. The second-order valence-corrected chi connectivity index (χ2v) is 5.65. The number of nitro groups is 1. The van der Waals surface area contributed by atoms with Crippen LogP contribution in [-0.4, -0.2) is 49.6 Å². The number of phenolic OH excluding ortho intramolecular Hbond substituents is 2. The predicted octanol–water partition coefficient (Wildman–Crippen LogP) is 1.70. The van der Waals surface area contributed by atoms with Crippen LogP contribution in [0.25, 0.3) is 5.76 Å². The Bertz CT molecular complexity index is 1090. The smallest absolute Gasteiger partial charge is 0.315 e. The average Bonchev–Trinajstić information content (AvgIpc) is 2.70. The molecule has 2 aromatic rings. The zero-order valence-electron chi connectivity index (χ0n) is 15.0. The van der Waals surface area contributed by atoms with Crippen molar-refractivity contribution in [3.63, 3.8) is 0 Å². The summed E-state index contributed by atoms with van der Waals surface area (Å²) in [7, 11) is 1.35. The first kappa shape index (κ1) is 20.7. The first-order valence-electron chi connectivity index (χ1n) is 7.94. The van der Waals surface area contributed by atoms with Gasteiger partial charge in [0.25, 0.3) is 5.91 Å². The molecule has 1 aromatic carbocycles. The number of phenols is 2. The highest BCUT2D eigenvalue weighted by molar-refractivity contribution is 6.03. The minimum atomic E-state index is -1.00. The maximum Gasteiger partial charge on any atom is 0.315 e.